The fourth-order valence-electron chi connectivity index (χ4n) is 0.804. The molecule has 0 spiro atoms. The van der Waals surface area contributed by atoms with Crippen molar-refractivity contribution in [2.75, 3.05) is 6.54 Å². The summed E-state index contributed by atoms with van der Waals surface area (Å²) >= 11 is 9.51. The van der Waals surface area contributed by atoms with E-state index in [0.717, 1.165) is 0 Å². The zero-order chi connectivity index (χ0) is 8.43. The van der Waals surface area contributed by atoms with Gasteiger partial charge in [-0.3, -0.25) is 5.01 Å². The van der Waals surface area contributed by atoms with E-state index in [1.165, 1.54) is 5.01 Å². The van der Waals surface area contributed by atoms with E-state index >= 15 is 0 Å². The summed E-state index contributed by atoms with van der Waals surface area (Å²) in [5.74, 6) is 0. The Hall–Kier alpha value is -0.880. The smallest absolute Gasteiger partial charge is 0.189 e. The van der Waals surface area contributed by atoms with Crippen molar-refractivity contribution in [3.05, 3.63) is 12.3 Å². The number of rotatable bonds is 0. The summed E-state index contributed by atoms with van der Waals surface area (Å²) in [6.45, 7) is 0.632. The minimum Gasteiger partial charge on any atom is -0.375 e. The van der Waals surface area contributed by atoms with E-state index in [-0.39, 0.29) is 10.2 Å². The Morgan fingerprint density at radius 2 is 1.91 bits per heavy atom. The molecule has 6 heteroatoms. The molecule has 0 aliphatic carbocycles. The van der Waals surface area contributed by atoms with Gasteiger partial charge in [-0.15, -0.1) is 0 Å². The molecule has 1 rings (SSSR count). The maximum Gasteiger partial charge on any atom is 0.189 e. The van der Waals surface area contributed by atoms with Crippen molar-refractivity contribution in [3.63, 3.8) is 0 Å². The van der Waals surface area contributed by atoms with Crippen LogP contribution in [-0.2, 0) is 0 Å². The highest BCUT2D eigenvalue weighted by Gasteiger charge is 2.18. The van der Waals surface area contributed by atoms with Crippen molar-refractivity contribution in [2.45, 2.75) is 0 Å². The van der Waals surface area contributed by atoms with Crippen LogP contribution in [0.4, 0.5) is 0 Å². The fraction of sp³-hybridized carbons (Fsp3) is 0.200. The molecule has 1 heterocycles. The highest BCUT2D eigenvalue weighted by Crippen LogP contribution is 2.06. The summed E-state index contributed by atoms with van der Waals surface area (Å²) in [5.41, 5.74) is 10.8. The predicted molar refractivity (Wildman–Crippen MR) is 51.3 cm³/mol. The highest BCUT2D eigenvalue weighted by molar-refractivity contribution is 7.80. The third kappa shape index (κ3) is 1.58. The van der Waals surface area contributed by atoms with Gasteiger partial charge in [-0.2, -0.15) is 0 Å². The lowest BCUT2D eigenvalue weighted by molar-refractivity contribution is 0.242. The zero-order valence-electron chi connectivity index (χ0n) is 5.73. The Kier molecular flexibility index (Phi) is 2.25. The second-order valence-electron chi connectivity index (χ2n) is 1.99. The van der Waals surface area contributed by atoms with Gasteiger partial charge in [0.05, 0.1) is 6.54 Å². The van der Waals surface area contributed by atoms with Crippen molar-refractivity contribution in [1.29, 1.82) is 0 Å². The van der Waals surface area contributed by atoms with Crippen LogP contribution in [-0.4, -0.2) is 26.8 Å². The maximum atomic E-state index is 5.39. The first-order valence-corrected chi connectivity index (χ1v) is 3.77. The molecule has 60 valence electrons. The molecule has 11 heavy (non-hydrogen) atoms. The molecule has 4 N–H and O–H groups in total. The molecule has 1 aliphatic heterocycles. The molecule has 0 aromatic carbocycles. The molecule has 4 nitrogen and oxygen atoms in total. The lowest BCUT2D eigenvalue weighted by atomic mass is 10.6. The van der Waals surface area contributed by atoms with Crippen LogP contribution in [0.2, 0.25) is 0 Å². The molecule has 0 saturated carbocycles. The molecular weight excluding hydrogens is 180 g/mol. The first-order chi connectivity index (χ1) is 5.13. The van der Waals surface area contributed by atoms with Crippen molar-refractivity contribution in [3.8, 4) is 0 Å². The minimum atomic E-state index is 0.242. The summed E-state index contributed by atoms with van der Waals surface area (Å²) in [5, 5.41) is 3.66. The van der Waals surface area contributed by atoms with Crippen molar-refractivity contribution < 1.29 is 0 Å². The normalized spacial score (nSPS) is 15.6. The lowest BCUT2D eigenvalue weighted by Gasteiger charge is -2.27. The van der Waals surface area contributed by atoms with Crippen molar-refractivity contribution in [2.24, 2.45) is 11.5 Å². The number of thiocarbonyl (C=S) groups is 2. The van der Waals surface area contributed by atoms with Gasteiger partial charge in [-0.05, 0) is 30.5 Å². The molecule has 0 saturated heterocycles. The topological polar surface area (TPSA) is 58.5 Å². The van der Waals surface area contributed by atoms with Gasteiger partial charge in [0.1, 0.15) is 0 Å². The number of nitrogens with two attached hydrogens (primary N) is 2. The number of hydrazine groups is 1. The summed E-state index contributed by atoms with van der Waals surface area (Å²) in [6.07, 6.45) is 3.61. The van der Waals surface area contributed by atoms with Crippen LogP contribution in [0, 0.1) is 0 Å². The SMILES string of the molecule is NC(=S)N1C=CCN1C(N)=S. The van der Waals surface area contributed by atoms with Gasteiger partial charge in [0.2, 0.25) is 0 Å². The molecule has 0 radical (unpaired) electrons. The number of nitrogens with zero attached hydrogens (tertiary/aromatic N) is 2. The first-order valence-electron chi connectivity index (χ1n) is 2.95. The average molecular weight is 188 g/mol. The van der Waals surface area contributed by atoms with Crippen LogP contribution < -0.4 is 11.5 Å². The maximum absolute atomic E-state index is 5.39. The first kappa shape index (κ1) is 8.22. The van der Waals surface area contributed by atoms with Crippen LogP contribution in [0.5, 0.6) is 0 Å². The van der Waals surface area contributed by atoms with Gasteiger partial charge in [0.25, 0.3) is 0 Å². The zero-order valence-corrected chi connectivity index (χ0v) is 7.36. The van der Waals surface area contributed by atoms with E-state index in [9.17, 15) is 0 Å². The number of hydrogen-bond donors (Lipinski definition) is 2. The summed E-state index contributed by atoms with van der Waals surface area (Å²) in [7, 11) is 0. The van der Waals surface area contributed by atoms with Gasteiger partial charge in [0.15, 0.2) is 10.2 Å². The lowest BCUT2D eigenvalue weighted by Crippen LogP contribution is -2.48. The van der Waals surface area contributed by atoms with Crippen LogP contribution in [0.25, 0.3) is 0 Å². The van der Waals surface area contributed by atoms with Crippen molar-refractivity contribution in [1.82, 2.24) is 10.0 Å². The molecule has 1 aliphatic rings. The third-order valence-electron chi connectivity index (χ3n) is 1.27. The summed E-state index contributed by atoms with van der Waals surface area (Å²) in [6, 6.07) is 0. The van der Waals surface area contributed by atoms with E-state index in [0.29, 0.717) is 6.54 Å². The Morgan fingerprint density at radius 1 is 1.27 bits per heavy atom. The fourth-order valence-corrected chi connectivity index (χ4v) is 1.13. The highest BCUT2D eigenvalue weighted by atomic mass is 32.1. The van der Waals surface area contributed by atoms with E-state index in [2.05, 4.69) is 0 Å². The van der Waals surface area contributed by atoms with E-state index in [1.54, 1.807) is 11.2 Å². The quantitative estimate of drug-likeness (QED) is 0.501. The minimum absolute atomic E-state index is 0.242. The Labute approximate surface area is 75.4 Å². The molecule has 0 atom stereocenters. The summed E-state index contributed by atoms with van der Waals surface area (Å²) in [4.78, 5) is 0. The van der Waals surface area contributed by atoms with Gasteiger partial charge in [-0.25, -0.2) is 5.01 Å². The predicted octanol–water partition coefficient (Wildman–Crippen LogP) is -0.480. The Bertz CT molecular complexity index is 225. The monoisotopic (exact) mass is 188 g/mol. The molecule has 0 unspecified atom stereocenters. The largest absolute Gasteiger partial charge is 0.375 e. The van der Waals surface area contributed by atoms with Gasteiger partial charge < -0.3 is 11.5 Å². The van der Waals surface area contributed by atoms with E-state index < -0.39 is 0 Å². The van der Waals surface area contributed by atoms with E-state index in [1.807, 2.05) is 6.08 Å². The van der Waals surface area contributed by atoms with Crippen LogP contribution in [0.15, 0.2) is 12.3 Å². The third-order valence-corrected chi connectivity index (χ3v) is 1.66. The van der Waals surface area contributed by atoms with Crippen molar-refractivity contribution >= 4 is 34.7 Å². The Morgan fingerprint density at radius 3 is 2.27 bits per heavy atom. The molecule has 0 aromatic heterocycles. The van der Waals surface area contributed by atoms with Crippen LogP contribution >= 0.6 is 24.4 Å². The van der Waals surface area contributed by atoms with Crippen LogP contribution in [0.1, 0.15) is 0 Å². The van der Waals surface area contributed by atoms with Gasteiger partial charge in [0, 0.05) is 6.20 Å². The van der Waals surface area contributed by atoms with E-state index in [4.69, 9.17) is 35.9 Å². The molecular formula is C5H8N4S2. The van der Waals surface area contributed by atoms with Gasteiger partial charge in [-0.1, -0.05) is 0 Å². The molecule has 0 fully saturated rings. The van der Waals surface area contributed by atoms with Gasteiger partial charge >= 0.3 is 0 Å². The summed E-state index contributed by atoms with van der Waals surface area (Å²) < 4.78 is 0. The average Bonchev–Trinajstić information content (AvgIpc) is 2.32. The molecule has 0 aromatic rings. The standard InChI is InChI=1S/C5H8N4S2/c6-4(10)8-2-1-3-9(8)5(7)11/h1-2H,3H2,(H2,6,10)(H2,7,11). The Balaban J connectivity index is 2.71. The second kappa shape index (κ2) is 3.02. The second-order valence-corrected chi connectivity index (χ2v) is 2.82. The molecule has 0 amide bonds. The number of hydrogen-bond acceptors (Lipinski definition) is 2. The molecule has 0 bridgehead atoms. The van der Waals surface area contributed by atoms with Crippen LogP contribution in [0.3, 0.4) is 0 Å².